The lowest BCUT2D eigenvalue weighted by molar-refractivity contribution is 0.183. The van der Waals surface area contributed by atoms with Gasteiger partial charge in [0.05, 0.1) is 18.8 Å². The van der Waals surface area contributed by atoms with Crippen molar-refractivity contribution in [2.75, 3.05) is 38.2 Å². The van der Waals surface area contributed by atoms with Gasteiger partial charge in [0.2, 0.25) is 0 Å². The van der Waals surface area contributed by atoms with Gasteiger partial charge >= 0.3 is 0 Å². The highest BCUT2D eigenvalue weighted by Crippen LogP contribution is 2.34. The van der Waals surface area contributed by atoms with Crippen molar-refractivity contribution in [3.05, 3.63) is 66.4 Å². The first kappa shape index (κ1) is 20.9. The molecule has 1 aromatic heterocycles. The van der Waals surface area contributed by atoms with E-state index < -0.39 is 11.6 Å². The third-order valence-corrected chi connectivity index (χ3v) is 6.79. The summed E-state index contributed by atoms with van der Waals surface area (Å²) in [7, 11) is 1.69. The second-order valence-electron chi connectivity index (χ2n) is 8.68. The van der Waals surface area contributed by atoms with E-state index in [1.54, 1.807) is 7.11 Å². The first-order valence-corrected chi connectivity index (χ1v) is 11.2. The summed E-state index contributed by atoms with van der Waals surface area (Å²) in [5.74, 6) is -0.276. The Balaban J connectivity index is 1.18. The highest BCUT2D eigenvalue weighted by molar-refractivity contribution is 5.58. The molecule has 1 aliphatic carbocycles. The quantitative estimate of drug-likeness (QED) is 0.576. The molecule has 2 aliphatic rings. The Morgan fingerprint density at radius 3 is 2.25 bits per heavy atom. The zero-order valence-corrected chi connectivity index (χ0v) is 18.3. The molecule has 0 spiro atoms. The van der Waals surface area contributed by atoms with Gasteiger partial charge < -0.3 is 9.64 Å². The molecule has 1 saturated heterocycles. The van der Waals surface area contributed by atoms with Crippen LogP contribution >= 0.6 is 0 Å². The Labute approximate surface area is 187 Å². The normalized spacial score (nSPS) is 21.8. The summed E-state index contributed by atoms with van der Waals surface area (Å²) in [6, 6.07) is 14.5. The van der Waals surface area contributed by atoms with Crippen molar-refractivity contribution in [1.82, 2.24) is 14.7 Å². The van der Waals surface area contributed by atoms with Gasteiger partial charge in [0.25, 0.3) is 0 Å². The fourth-order valence-electron chi connectivity index (χ4n) is 5.04. The van der Waals surface area contributed by atoms with Crippen molar-refractivity contribution in [1.29, 1.82) is 0 Å². The molecule has 1 saturated carbocycles. The lowest BCUT2D eigenvalue weighted by atomic mass is 10.1. The molecule has 2 aromatic carbocycles. The van der Waals surface area contributed by atoms with Gasteiger partial charge in [0.1, 0.15) is 17.4 Å². The van der Waals surface area contributed by atoms with Crippen LogP contribution in [0.3, 0.4) is 0 Å². The van der Waals surface area contributed by atoms with Crippen LogP contribution in [0.25, 0.3) is 11.3 Å². The molecule has 3 aromatic rings. The molecule has 0 amide bonds. The summed E-state index contributed by atoms with van der Waals surface area (Å²) in [6.45, 7) is 4.14. The number of ether oxygens (including phenoxy) is 1. The zero-order chi connectivity index (χ0) is 22.1. The molecule has 7 heteroatoms. The molecule has 5 nitrogen and oxygen atoms in total. The molecule has 0 radical (unpaired) electrons. The summed E-state index contributed by atoms with van der Waals surface area (Å²) in [5, 5.41) is 4.64. The Morgan fingerprint density at radius 1 is 0.875 bits per heavy atom. The first-order valence-electron chi connectivity index (χ1n) is 11.2. The molecule has 0 bridgehead atoms. The zero-order valence-electron chi connectivity index (χ0n) is 18.3. The van der Waals surface area contributed by atoms with Gasteiger partial charge in [0.15, 0.2) is 0 Å². The predicted octanol–water partition coefficient (Wildman–Crippen LogP) is 4.75. The minimum Gasteiger partial charge on any atom is -0.497 e. The number of methoxy groups -OCH3 is 1. The fraction of sp³-hybridized carbons (Fsp3) is 0.400. The molecule has 2 fully saturated rings. The van der Waals surface area contributed by atoms with Gasteiger partial charge in [0, 0.05) is 55.7 Å². The molecule has 2 atom stereocenters. The van der Waals surface area contributed by atoms with Gasteiger partial charge in [-0.2, -0.15) is 5.10 Å². The van der Waals surface area contributed by atoms with Gasteiger partial charge in [-0.1, -0.05) is 0 Å². The lowest BCUT2D eigenvalue weighted by Gasteiger charge is -2.39. The third-order valence-electron chi connectivity index (χ3n) is 6.79. The fourth-order valence-corrected chi connectivity index (χ4v) is 5.04. The van der Waals surface area contributed by atoms with Crippen molar-refractivity contribution in [3.8, 4) is 17.0 Å². The van der Waals surface area contributed by atoms with E-state index in [0.29, 0.717) is 23.3 Å². The molecule has 168 valence electrons. The minimum atomic E-state index is -0.579. The van der Waals surface area contributed by atoms with E-state index in [1.165, 1.54) is 17.8 Å². The standard InChI is InChI=1S/C25H28F2N4O/c1-32-24-6-4-21(5-7-24)29-10-12-30(13-11-29)22-2-3-23(17-22)31-9-8-25(28-31)18-14-19(26)16-20(27)15-18/h4-9,14-16,22-23H,2-3,10-13,17H2,1H3/t22-,23-/m0/s1. The molecule has 5 rings (SSSR count). The maximum atomic E-state index is 13.6. The lowest BCUT2D eigenvalue weighted by Crippen LogP contribution is -2.49. The number of rotatable bonds is 5. The third kappa shape index (κ3) is 4.35. The van der Waals surface area contributed by atoms with E-state index >= 15 is 0 Å². The monoisotopic (exact) mass is 438 g/mol. The number of anilines is 1. The van der Waals surface area contributed by atoms with E-state index in [2.05, 4.69) is 27.0 Å². The van der Waals surface area contributed by atoms with Crippen LogP contribution < -0.4 is 9.64 Å². The molecule has 0 unspecified atom stereocenters. The van der Waals surface area contributed by atoms with E-state index in [-0.39, 0.29) is 0 Å². The average molecular weight is 439 g/mol. The Kier molecular flexibility index (Phi) is 5.83. The largest absolute Gasteiger partial charge is 0.497 e. The van der Waals surface area contributed by atoms with E-state index in [1.807, 2.05) is 29.1 Å². The summed E-state index contributed by atoms with van der Waals surface area (Å²) in [5.41, 5.74) is 2.33. The highest BCUT2D eigenvalue weighted by Gasteiger charge is 2.32. The van der Waals surface area contributed by atoms with Crippen molar-refractivity contribution >= 4 is 5.69 Å². The number of aromatic nitrogens is 2. The van der Waals surface area contributed by atoms with Gasteiger partial charge in [-0.25, -0.2) is 8.78 Å². The maximum Gasteiger partial charge on any atom is 0.126 e. The van der Waals surface area contributed by atoms with Gasteiger partial charge in [-0.15, -0.1) is 0 Å². The average Bonchev–Trinajstić information content (AvgIpc) is 3.49. The van der Waals surface area contributed by atoms with Crippen molar-refractivity contribution < 1.29 is 13.5 Å². The number of hydrogen-bond donors (Lipinski definition) is 0. The van der Waals surface area contributed by atoms with Crippen LogP contribution in [-0.4, -0.2) is 54.0 Å². The summed E-state index contributed by atoms with van der Waals surface area (Å²) < 4.78 is 34.4. The number of piperazine rings is 1. The topological polar surface area (TPSA) is 33.5 Å². The van der Waals surface area contributed by atoms with Crippen LogP contribution in [0.15, 0.2) is 54.7 Å². The summed E-state index contributed by atoms with van der Waals surface area (Å²) >= 11 is 0. The molecule has 0 N–H and O–H groups in total. The molecule has 1 aliphatic heterocycles. The Bertz CT molecular complexity index is 1040. The van der Waals surface area contributed by atoms with Gasteiger partial charge in [-0.05, 0) is 61.7 Å². The smallest absolute Gasteiger partial charge is 0.126 e. The minimum absolute atomic E-state index is 0.326. The Hall–Kier alpha value is -2.93. The molecular weight excluding hydrogens is 410 g/mol. The van der Waals surface area contributed by atoms with Crippen molar-refractivity contribution in [2.45, 2.75) is 31.3 Å². The predicted molar refractivity (Wildman–Crippen MR) is 121 cm³/mol. The molecular formula is C25H28F2N4O. The van der Waals surface area contributed by atoms with Crippen LogP contribution in [0.5, 0.6) is 5.75 Å². The van der Waals surface area contributed by atoms with Gasteiger partial charge in [-0.3, -0.25) is 9.58 Å². The van der Waals surface area contributed by atoms with E-state index in [0.717, 1.165) is 57.3 Å². The molecule has 2 heterocycles. The number of hydrogen-bond acceptors (Lipinski definition) is 4. The number of halogens is 2. The van der Waals surface area contributed by atoms with Crippen LogP contribution in [-0.2, 0) is 0 Å². The Morgan fingerprint density at radius 2 is 1.56 bits per heavy atom. The summed E-state index contributed by atoms with van der Waals surface area (Å²) in [6.07, 6.45) is 5.22. The van der Waals surface area contributed by atoms with Crippen LogP contribution in [0.1, 0.15) is 25.3 Å². The van der Waals surface area contributed by atoms with Crippen molar-refractivity contribution in [3.63, 3.8) is 0 Å². The summed E-state index contributed by atoms with van der Waals surface area (Å²) in [4.78, 5) is 5.03. The van der Waals surface area contributed by atoms with Crippen molar-refractivity contribution in [2.24, 2.45) is 0 Å². The molecule has 32 heavy (non-hydrogen) atoms. The highest BCUT2D eigenvalue weighted by atomic mass is 19.1. The van der Waals surface area contributed by atoms with E-state index in [4.69, 9.17) is 4.74 Å². The second-order valence-corrected chi connectivity index (χ2v) is 8.68. The SMILES string of the molecule is COc1ccc(N2CCN([C@H]3CC[C@H](n4ccc(-c5cc(F)cc(F)c5)n4)C3)CC2)cc1. The van der Waals surface area contributed by atoms with Crippen LogP contribution in [0.2, 0.25) is 0 Å². The van der Waals surface area contributed by atoms with Crippen LogP contribution in [0, 0.1) is 11.6 Å². The first-order chi connectivity index (χ1) is 15.6. The second kappa shape index (κ2) is 8.90. The number of nitrogens with zero attached hydrogens (tertiary/aromatic N) is 4. The van der Waals surface area contributed by atoms with E-state index in [9.17, 15) is 8.78 Å². The van der Waals surface area contributed by atoms with Crippen LogP contribution in [0.4, 0.5) is 14.5 Å². The maximum absolute atomic E-state index is 13.6. The number of benzene rings is 2.